The molecule has 1 aliphatic heterocycles. The summed E-state index contributed by atoms with van der Waals surface area (Å²) in [6.07, 6.45) is 1.02. The Morgan fingerprint density at radius 3 is 2.65 bits per heavy atom. The summed E-state index contributed by atoms with van der Waals surface area (Å²) >= 11 is 1.80. The molecule has 0 spiro atoms. The Morgan fingerprint density at radius 1 is 1.19 bits per heavy atom. The average Bonchev–Trinajstić information content (AvgIpc) is 3.08. The largest absolute Gasteiger partial charge is 0.342 e. The van der Waals surface area contributed by atoms with Gasteiger partial charge in [-0.3, -0.25) is 9.59 Å². The predicted molar refractivity (Wildman–Crippen MR) is 105 cm³/mol. The average molecular weight is 373 g/mol. The van der Waals surface area contributed by atoms with Gasteiger partial charge < -0.3 is 15.5 Å². The molecule has 1 aliphatic rings. The molecule has 0 saturated carbocycles. The molecule has 2 aromatic rings. The lowest BCUT2D eigenvalue weighted by Crippen LogP contribution is -3.14. The van der Waals surface area contributed by atoms with Crippen molar-refractivity contribution in [2.45, 2.75) is 33.2 Å². The molecule has 26 heavy (non-hydrogen) atoms. The number of rotatable bonds is 5. The van der Waals surface area contributed by atoms with E-state index in [1.807, 2.05) is 32.0 Å². The number of hydrogen-bond acceptors (Lipinski definition) is 3. The lowest BCUT2D eigenvalue weighted by atomic mass is 10.0. The number of amides is 2. The normalized spacial score (nSPS) is 18.9. The SMILES string of the molecule is Cc1cccc(C)c1NC(=O)CNC(=O)C[NH+]1CCc2sccc2[C@@H]1C. The summed E-state index contributed by atoms with van der Waals surface area (Å²) in [5, 5.41) is 7.78. The number of hydrogen-bond donors (Lipinski definition) is 3. The van der Waals surface area contributed by atoms with Crippen molar-refractivity contribution in [3.8, 4) is 0 Å². The number of para-hydroxylation sites is 1. The molecule has 6 heteroatoms. The molecule has 0 aliphatic carbocycles. The van der Waals surface area contributed by atoms with Crippen LogP contribution >= 0.6 is 11.3 Å². The predicted octanol–water partition coefficient (Wildman–Crippen LogP) is 1.62. The van der Waals surface area contributed by atoms with Gasteiger partial charge in [0.15, 0.2) is 6.54 Å². The molecule has 2 heterocycles. The Kier molecular flexibility index (Phi) is 5.74. The maximum atomic E-state index is 12.3. The number of nitrogens with one attached hydrogen (secondary N) is 3. The summed E-state index contributed by atoms with van der Waals surface area (Å²) < 4.78 is 0. The highest BCUT2D eigenvalue weighted by Gasteiger charge is 2.29. The Morgan fingerprint density at radius 2 is 1.92 bits per heavy atom. The molecule has 2 atom stereocenters. The molecule has 3 N–H and O–H groups in total. The molecule has 138 valence electrons. The van der Waals surface area contributed by atoms with Crippen LogP contribution in [0.3, 0.4) is 0 Å². The fourth-order valence-electron chi connectivity index (χ4n) is 3.53. The fourth-order valence-corrected chi connectivity index (χ4v) is 4.51. The van der Waals surface area contributed by atoms with Crippen molar-refractivity contribution in [1.82, 2.24) is 5.32 Å². The number of quaternary nitrogens is 1. The van der Waals surface area contributed by atoms with Gasteiger partial charge in [0.25, 0.3) is 5.91 Å². The summed E-state index contributed by atoms with van der Waals surface area (Å²) in [5.74, 6) is -0.278. The maximum absolute atomic E-state index is 12.3. The first-order valence-corrected chi connectivity index (χ1v) is 9.87. The van der Waals surface area contributed by atoms with E-state index in [2.05, 4.69) is 29.0 Å². The zero-order valence-corrected chi connectivity index (χ0v) is 16.3. The molecule has 3 rings (SSSR count). The summed E-state index contributed by atoms with van der Waals surface area (Å²) in [6, 6.07) is 8.37. The van der Waals surface area contributed by atoms with E-state index in [-0.39, 0.29) is 18.4 Å². The molecule has 1 aromatic heterocycles. The zero-order valence-electron chi connectivity index (χ0n) is 15.5. The Labute approximate surface area is 158 Å². The molecular weight excluding hydrogens is 346 g/mol. The van der Waals surface area contributed by atoms with E-state index < -0.39 is 0 Å². The van der Waals surface area contributed by atoms with Crippen LogP contribution in [0.5, 0.6) is 0 Å². The van der Waals surface area contributed by atoms with Crippen molar-refractivity contribution in [3.63, 3.8) is 0 Å². The highest BCUT2D eigenvalue weighted by molar-refractivity contribution is 7.10. The van der Waals surface area contributed by atoms with Crippen LogP contribution in [-0.2, 0) is 16.0 Å². The lowest BCUT2D eigenvalue weighted by Gasteiger charge is -2.29. The second-order valence-electron chi connectivity index (χ2n) is 6.95. The second-order valence-corrected chi connectivity index (χ2v) is 7.95. The standard InChI is InChI=1S/C20H25N3O2S/c1-13-5-4-6-14(2)20(13)22-18(24)11-21-19(25)12-23-9-7-17-16(15(23)3)8-10-26-17/h4-6,8,10,15H,7,9,11-12H2,1-3H3,(H,21,25)(H,22,24)/p+1/t15-/m0/s1. The zero-order chi connectivity index (χ0) is 18.7. The first-order valence-electron chi connectivity index (χ1n) is 8.99. The minimum absolute atomic E-state index is 0.00201. The van der Waals surface area contributed by atoms with E-state index in [1.54, 1.807) is 11.3 Å². The summed E-state index contributed by atoms with van der Waals surface area (Å²) in [7, 11) is 0. The number of fused-ring (bicyclic) bond motifs is 1. The van der Waals surface area contributed by atoms with Crippen LogP contribution in [-0.4, -0.2) is 31.4 Å². The number of carbonyl (C=O) groups excluding carboxylic acids is 2. The van der Waals surface area contributed by atoms with E-state index in [0.717, 1.165) is 29.8 Å². The first-order chi connectivity index (χ1) is 12.5. The van der Waals surface area contributed by atoms with Crippen molar-refractivity contribution >= 4 is 28.8 Å². The Bertz CT molecular complexity index is 795. The van der Waals surface area contributed by atoms with Gasteiger partial charge in [-0.1, -0.05) is 18.2 Å². The topological polar surface area (TPSA) is 62.6 Å². The molecule has 0 fully saturated rings. The van der Waals surface area contributed by atoms with Gasteiger partial charge in [-0.05, 0) is 43.3 Å². The third-order valence-corrected chi connectivity index (χ3v) is 6.11. The molecule has 0 bridgehead atoms. The fraction of sp³-hybridized carbons (Fsp3) is 0.400. The van der Waals surface area contributed by atoms with Crippen molar-refractivity contribution in [1.29, 1.82) is 0 Å². The van der Waals surface area contributed by atoms with Crippen LogP contribution in [0.1, 0.15) is 34.5 Å². The first kappa shape index (κ1) is 18.6. The molecule has 1 unspecified atom stereocenters. The van der Waals surface area contributed by atoms with Crippen LogP contribution in [0, 0.1) is 13.8 Å². The highest BCUT2D eigenvalue weighted by atomic mass is 32.1. The van der Waals surface area contributed by atoms with Crippen LogP contribution < -0.4 is 15.5 Å². The van der Waals surface area contributed by atoms with Gasteiger partial charge in [0.05, 0.1) is 13.1 Å². The van der Waals surface area contributed by atoms with E-state index in [1.165, 1.54) is 15.3 Å². The third kappa shape index (κ3) is 4.14. The van der Waals surface area contributed by atoms with Crippen molar-refractivity contribution in [2.24, 2.45) is 0 Å². The van der Waals surface area contributed by atoms with Gasteiger partial charge in [0.2, 0.25) is 5.91 Å². The molecule has 0 radical (unpaired) electrons. The van der Waals surface area contributed by atoms with Crippen molar-refractivity contribution in [2.75, 3.05) is 25.0 Å². The van der Waals surface area contributed by atoms with E-state index in [0.29, 0.717) is 12.6 Å². The van der Waals surface area contributed by atoms with Crippen LogP contribution in [0.25, 0.3) is 0 Å². The minimum Gasteiger partial charge on any atom is -0.342 e. The number of aryl methyl sites for hydroxylation is 2. The maximum Gasteiger partial charge on any atom is 0.275 e. The van der Waals surface area contributed by atoms with E-state index in [9.17, 15) is 9.59 Å². The van der Waals surface area contributed by atoms with E-state index >= 15 is 0 Å². The number of benzene rings is 1. The van der Waals surface area contributed by atoms with Crippen LogP contribution in [0.4, 0.5) is 5.69 Å². The smallest absolute Gasteiger partial charge is 0.275 e. The second kappa shape index (κ2) is 8.01. The quantitative estimate of drug-likeness (QED) is 0.747. The number of thiophene rings is 1. The summed E-state index contributed by atoms with van der Waals surface area (Å²) in [5.41, 5.74) is 4.22. The highest BCUT2D eigenvalue weighted by Crippen LogP contribution is 2.24. The number of anilines is 1. The van der Waals surface area contributed by atoms with Crippen molar-refractivity contribution in [3.05, 3.63) is 51.2 Å². The van der Waals surface area contributed by atoms with Crippen LogP contribution in [0.2, 0.25) is 0 Å². The Hall–Kier alpha value is -2.18. The molecule has 0 saturated heterocycles. The molecular formula is C20H26N3O2S+. The van der Waals surface area contributed by atoms with Gasteiger partial charge in [-0.2, -0.15) is 0 Å². The molecule has 1 aromatic carbocycles. The molecule has 5 nitrogen and oxygen atoms in total. The lowest BCUT2D eigenvalue weighted by molar-refractivity contribution is -0.924. The van der Waals surface area contributed by atoms with Gasteiger partial charge in [-0.15, -0.1) is 11.3 Å². The monoisotopic (exact) mass is 372 g/mol. The molecule has 2 amide bonds. The summed E-state index contributed by atoms with van der Waals surface area (Å²) in [4.78, 5) is 27.2. The van der Waals surface area contributed by atoms with Crippen LogP contribution in [0.15, 0.2) is 29.6 Å². The minimum atomic E-state index is -0.197. The number of carbonyl (C=O) groups is 2. The van der Waals surface area contributed by atoms with Gasteiger partial charge in [-0.25, -0.2) is 0 Å². The van der Waals surface area contributed by atoms with Gasteiger partial charge >= 0.3 is 0 Å². The van der Waals surface area contributed by atoms with Gasteiger partial charge in [0, 0.05) is 22.5 Å². The van der Waals surface area contributed by atoms with Crippen molar-refractivity contribution < 1.29 is 14.5 Å². The third-order valence-electron chi connectivity index (χ3n) is 5.11. The van der Waals surface area contributed by atoms with Gasteiger partial charge in [0.1, 0.15) is 6.04 Å². The Balaban J connectivity index is 1.49. The summed E-state index contributed by atoms with van der Waals surface area (Å²) in [6.45, 7) is 7.44. The van der Waals surface area contributed by atoms with E-state index in [4.69, 9.17) is 0 Å².